The predicted molar refractivity (Wildman–Crippen MR) is 156 cm³/mol. The van der Waals surface area contributed by atoms with Crippen LogP contribution in [-0.4, -0.2) is 31.7 Å². The summed E-state index contributed by atoms with van der Waals surface area (Å²) in [4.78, 5) is 35.1. The molecule has 0 saturated heterocycles. The van der Waals surface area contributed by atoms with E-state index in [1.165, 1.54) is 18.2 Å². The second-order valence-corrected chi connectivity index (χ2v) is 11.9. The van der Waals surface area contributed by atoms with Gasteiger partial charge in [-0.3, -0.25) is 19.0 Å². The molecule has 1 aromatic carbocycles. The number of Topliss-reactive ketones (excluding diaryl/α,β-unsaturated/α-hetero) is 1. The van der Waals surface area contributed by atoms with Crippen molar-refractivity contribution >= 4 is 17.4 Å². The second kappa shape index (κ2) is 12.4. The highest BCUT2D eigenvalue weighted by atomic mass is 19.1. The maximum atomic E-state index is 14.3. The normalized spacial score (nSPS) is 13.1. The zero-order valence-corrected chi connectivity index (χ0v) is 25.0. The summed E-state index contributed by atoms with van der Waals surface area (Å²) in [6.45, 7) is 10.8. The van der Waals surface area contributed by atoms with Crippen molar-refractivity contribution in [3.05, 3.63) is 83.6 Å². The van der Waals surface area contributed by atoms with Crippen LogP contribution in [0.4, 0.5) is 8.78 Å². The number of benzene rings is 1. The summed E-state index contributed by atoms with van der Waals surface area (Å²) >= 11 is 0. The molecule has 1 unspecified atom stereocenters. The number of aryl methyl sites for hydroxylation is 1. The number of hydrogen-bond donors (Lipinski definition) is 0. The molecule has 0 bridgehead atoms. The van der Waals surface area contributed by atoms with Crippen LogP contribution in [0.3, 0.4) is 0 Å². The number of ketones is 1. The predicted octanol–water partition coefficient (Wildman–Crippen LogP) is 7.67. The van der Waals surface area contributed by atoms with Crippen molar-refractivity contribution in [1.82, 2.24) is 14.4 Å². The molecule has 3 aromatic heterocycles. The molecule has 1 atom stereocenters. The lowest BCUT2D eigenvalue weighted by Crippen LogP contribution is -2.29. The van der Waals surface area contributed by atoms with Gasteiger partial charge in [0, 0.05) is 36.1 Å². The van der Waals surface area contributed by atoms with Gasteiger partial charge in [-0.1, -0.05) is 32.4 Å². The minimum atomic E-state index is -0.713. The Bertz CT molecular complexity index is 1570. The lowest BCUT2D eigenvalue weighted by molar-refractivity contribution is -0.157. The number of fused-ring (bicyclic) bond motifs is 1. The molecule has 9 heteroatoms. The van der Waals surface area contributed by atoms with E-state index in [4.69, 9.17) is 9.47 Å². The van der Waals surface area contributed by atoms with Crippen LogP contribution in [0, 0.1) is 24.0 Å². The maximum absolute atomic E-state index is 14.3. The van der Waals surface area contributed by atoms with Crippen LogP contribution >= 0.6 is 0 Å². The summed E-state index contributed by atoms with van der Waals surface area (Å²) < 4.78 is 41.8. The first-order valence-corrected chi connectivity index (χ1v) is 14.0. The molecule has 4 rings (SSSR count). The average Bonchev–Trinajstić information content (AvgIpc) is 3.26. The Balaban J connectivity index is 1.67. The summed E-state index contributed by atoms with van der Waals surface area (Å²) in [7, 11) is 0. The van der Waals surface area contributed by atoms with Crippen molar-refractivity contribution in [2.45, 2.75) is 79.4 Å². The number of aromatic nitrogens is 3. The van der Waals surface area contributed by atoms with Crippen LogP contribution in [-0.2, 0) is 16.1 Å². The van der Waals surface area contributed by atoms with E-state index < -0.39 is 22.7 Å². The minimum absolute atomic E-state index is 0.140. The van der Waals surface area contributed by atoms with Crippen molar-refractivity contribution < 1.29 is 27.8 Å². The largest absolute Gasteiger partial charge is 0.485 e. The Hall–Kier alpha value is -4.14. The monoisotopic (exact) mass is 577 g/mol. The number of rotatable bonds is 11. The summed E-state index contributed by atoms with van der Waals surface area (Å²) in [6.07, 6.45) is 6.68. The fraction of sp³-hybridized carbons (Fsp3) is 0.394. The van der Waals surface area contributed by atoms with E-state index in [-0.39, 0.29) is 42.5 Å². The van der Waals surface area contributed by atoms with Gasteiger partial charge in [0.2, 0.25) is 0 Å². The number of hydrogen-bond acceptors (Lipinski definition) is 6. The van der Waals surface area contributed by atoms with Gasteiger partial charge in [0.1, 0.15) is 29.5 Å². The summed E-state index contributed by atoms with van der Waals surface area (Å²) in [6, 6.07) is 9.02. The molecule has 0 aliphatic rings. The van der Waals surface area contributed by atoms with E-state index in [0.717, 1.165) is 5.56 Å². The van der Waals surface area contributed by atoms with Gasteiger partial charge in [-0.25, -0.2) is 13.8 Å². The van der Waals surface area contributed by atoms with Crippen molar-refractivity contribution in [1.29, 1.82) is 0 Å². The fourth-order valence-electron chi connectivity index (χ4n) is 4.83. The van der Waals surface area contributed by atoms with Crippen LogP contribution < -0.4 is 4.74 Å². The van der Waals surface area contributed by atoms with Crippen molar-refractivity contribution in [2.75, 3.05) is 0 Å². The highest BCUT2D eigenvalue weighted by Crippen LogP contribution is 2.35. The Labute approximate surface area is 244 Å². The van der Waals surface area contributed by atoms with Gasteiger partial charge in [-0.2, -0.15) is 0 Å². The van der Waals surface area contributed by atoms with Crippen LogP contribution in [0.25, 0.3) is 16.8 Å². The molecule has 0 fully saturated rings. The quantitative estimate of drug-likeness (QED) is 0.134. The third-order valence-electron chi connectivity index (χ3n) is 7.35. The van der Waals surface area contributed by atoms with Crippen LogP contribution in [0.5, 0.6) is 5.75 Å². The highest BCUT2D eigenvalue weighted by Gasteiger charge is 2.30. The van der Waals surface area contributed by atoms with Gasteiger partial charge in [-0.05, 0) is 63.8 Å². The molecule has 0 radical (unpaired) electrons. The van der Waals surface area contributed by atoms with Gasteiger partial charge in [0.15, 0.2) is 17.2 Å². The number of pyridine rings is 2. The van der Waals surface area contributed by atoms with Gasteiger partial charge < -0.3 is 9.47 Å². The zero-order chi connectivity index (χ0) is 30.7. The first-order valence-electron chi connectivity index (χ1n) is 14.0. The van der Waals surface area contributed by atoms with Gasteiger partial charge in [-0.15, -0.1) is 0 Å². The number of esters is 1. The summed E-state index contributed by atoms with van der Waals surface area (Å²) in [5, 5.41) is 0. The van der Waals surface area contributed by atoms with E-state index in [0.29, 0.717) is 35.4 Å². The maximum Gasteiger partial charge on any atom is 0.306 e. The lowest BCUT2D eigenvalue weighted by Gasteiger charge is -2.29. The van der Waals surface area contributed by atoms with Crippen LogP contribution in [0.1, 0.15) is 82.0 Å². The molecule has 0 aliphatic heterocycles. The minimum Gasteiger partial charge on any atom is -0.485 e. The summed E-state index contributed by atoms with van der Waals surface area (Å²) in [5.74, 6) is -1.59. The smallest absolute Gasteiger partial charge is 0.306 e. The molecular formula is C33H37F2N3O4. The van der Waals surface area contributed by atoms with E-state index in [1.807, 2.05) is 40.7 Å². The Morgan fingerprint density at radius 2 is 1.74 bits per heavy atom. The molecule has 0 N–H and O–H groups in total. The molecule has 0 amide bonds. The Morgan fingerprint density at radius 1 is 1.02 bits per heavy atom. The van der Waals surface area contributed by atoms with E-state index in [2.05, 4.69) is 9.97 Å². The molecule has 3 heterocycles. The van der Waals surface area contributed by atoms with Crippen molar-refractivity contribution in [3.63, 3.8) is 0 Å². The molecule has 222 valence electrons. The number of ether oxygens (including phenoxy) is 2. The van der Waals surface area contributed by atoms with Gasteiger partial charge in [0.05, 0.1) is 17.7 Å². The summed E-state index contributed by atoms with van der Waals surface area (Å²) in [5.41, 5.74) is 1.48. The number of carbonyl (C=O) groups excluding carboxylic acids is 2. The Morgan fingerprint density at radius 3 is 2.36 bits per heavy atom. The third-order valence-corrected chi connectivity index (χ3v) is 7.35. The number of imidazole rings is 1. The molecule has 7 nitrogen and oxygen atoms in total. The number of carbonyl (C=O) groups is 2. The SMILES string of the molecule is CCC(C)(CCC(=O)c1c(C)nc2c(OCc3c(F)cccc3F)cc(-c3cccnc3)cn12)CC(=O)OC(C)(C)C. The van der Waals surface area contributed by atoms with Gasteiger partial charge in [0.25, 0.3) is 0 Å². The highest BCUT2D eigenvalue weighted by molar-refractivity contribution is 5.97. The molecule has 0 saturated carbocycles. The fourth-order valence-corrected chi connectivity index (χ4v) is 4.83. The van der Waals surface area contributed by atoms with Gasteiger partial charge >= 0.3 is 5.97 Å². The molecule has 0 spiro atoms. The molecule has 4 aromatic rings. The molecule has 0 aliphatic carbocycles. The number of halogens is 2. The third kappa shape index (κ3) is 7.19. The standard InChI is InChI=1S/C33H37F2N3O4/c1-7-33(6,17-29(40)42-32(3,4)5)14-13-27(39)30-21(2)37-31-28(41-20-24-25(34)11-8-12-26(24)35)16-23(19-38(30)31)22-10-9-15-36-18-22/h8-12,15-16,18-19H,7,13-14,17,20H2,1-6H3. The van der Waals surface area contributed by atoms with Crippen LogP contribution in [0.2, 0.25) is 0 Å². The molecule has 42 heavy (non-hydrogen) atoms. The average molecular weight is 578 g/mol. The Kier molecular flexibility index (Phi) is 9.09. The van der Waals surface area contributed by atoms with Crippen molar-refractivity contribution in [3.8, 4) is 16.9 Å². The first kappa shape index (κ1) is 30.8. The zero-order valence-electron chi connectivity index (χ0n) is 25.0. The van der Waals surface area contributed by atoms with E-state index in [9.17, 15) is 18.4 Å². The number of nitrogens with zero attached hydrogens (tertiary/aromatic N) is 3. The topological polar surface area (TPSA) is 82.8 Å². The second-order valence-electron chi connectivity index (χ2n) is 11.9. The first-order chi connectivity index (χ1) is 19.8. The van der Waals surface area contributed by atoms with E-state index >= 15 is 0 Å². The van der Waals surface area contributed by atoms with Crippen molar-refractivity contribution in [2.24, 2.45) is 5.41 Å². The van der Waals surface area contributed by atoms with Crippen LogP contribution in [0.15, 0.2) is 55.0 Å². The molecular weight excluding hydrogens is 540 g/mol. The van der Waals surface area contributed by atoms with E-state index in [1.54, 1.807) is 42.0 Å². The lowest BCUT2D eigenvalue weighted by atomic mass is 9.79.